The minimum absolute atomic E-state index is 0.0178. The molecule has 0 saturated heterocycles. The zero-order valence-corrected chi connectivity index (χ0v) is 14.6. The number of imide groups is 1. The van der Waals surface area contributed by atoms with Crippen LogP contribution < -0.4 is 10.6 Å². The van der Waals surface area contributed by atoms with Crippen LogP contribution in [0.1, 0.15) is 18.7 Å². The lowest BCUT2D eigenvalue weighted by Crippen LogP contribution is -2.43. The Morgan fingerprint density at radius 2 is 2.26 bits per heavy atom. The van der Waals surface area contributed by atoms with Gasteiger partial charge in [0.05, 0.1) is 5.75 Å². The molecule has 23 heavy (non-hydrogen) atoms. The van der Waals surface area contributed by atoms with E-state index >= 15 is 0 Å². The molecule has 2 aromatic rings. The van der Waals surface area contributed by atoms with Gasteiger partial charge in [-0.25, -0.2) is 4.79 Å². The Morgan fingerprint density at radius 1 is 1.43 bits per heavy atom. The molecule has 3 amide bonds. The monoisotopic (exact) mass is 353 g/mol. The molecule has 0 aliphatic rings. The largest absolute Gasteiger partial charge is 0.336 e. The highest BCUT2D eigenvalue weighted by Gasteiger charge is 2.12. The summed E-state index contributed by atoms with van der Waals surface area (Å²) in [6.07, 6.45) is 2.55. The van der Waals surface area contributed by atoms with Crippen LogP contribution in [0.2, 0.25) is 0 Å². The van der Waals surface area contributed by atoms with E-state index < -0.39 is 6.03 Å². The van der Waals surface area contributed by atoms with Gasteiger partial charge in [0.25, 0.3) is 0 Å². The number of thiophene rings is 1. The molecule has 0 aromatic carbocycles. The summed E-state index contributed by atoms with van der Waals surface area (Å²) in [5.41, 5.74) is 0. The third-order valence-corrected chi connectivity index (χ3v) is 4.68. The molecule has 2 rings (SSSR count). The highest BCUT2D eigenvalue weighted by molar-refractivity contribution is 7.99. The lowest BCUT2D eigenvalue weighted by atomic mass is 10.3. The van der Waals surface area contributed by atoms with Crippen LogP contribution in [0.5, 0.6) is 0 Å². The van der Waals surface area contributed by atoms with Gasteiger partial charge in [-0.15, -0.1) is 21.5 Å². The zero-order valence-electron chi connectivity index (χ0n) is 13.0. The van der Waals surface area contributed by atoms with Crippen molar-refractivity contribution in [3.8, 4) is 0 Å². The second-order valence-electron chi connectivity index (χ2n) is 5.10. The molecule has 124 valence electrons. The topological polar surface area (TPSA) is 88.9 Å². The van der Waals surface area contributed by atoms with E-state index in [1.807, 2.05) is 29.9 Å². The molecule has 0 aliphatic carbocycles. The predicted molar refractivity (Wildman–Crippen MR) is 90.6 cm³/mol. The Bertz CT molecular complexity index is 639. The quantitative estimate of drug-likeness (QED) is 0.742. The third-order valence-electron chi connectivity index (χ3n) is 2.76. The molecule has 0 radical (unpaired) electrons. The van der Waals surface area contributed by atoms with Crippen molar-refractivity contribution in [1.82, 2.24) is 25.4 Å². The number of aryl methyl sites for hydroxylation is 2. The van der Waals surface area contributed by atoms with E-state index in [4.69, 9.17) is 0 Å². The van der Waals surface area contributed by atoms with Gasteiger partial charge in [-0.05, 0) is 31.7 Å². The second kappa shape index (κ2) is 8.68. The summed E-state index contributed by atoms with van der Waals surface area (Å²) in [5.74, 6) is -0.246. The Hall–Kier alpha value is -1.87. The molecule has 2 aromatic heterocycles. The van der Waals surface area contributed by atoms with E-state index in [0.717, 1.165) is 13.0 Å². The van der Waals surface area contributed by atoms with Gasteiger partial charge >= 0.3 is 6.03 Å². The molecule has 0 aliphatic heterocycles. The number of thioether (sulfide) groups is 1. The SMILES string of the molecule is CC(C)NC(=O)NC(=O)CSc1nncn1CCc1cccs1. The summed E-state index contributed by atoms with van der Waals surface area (Å²) < 4.78 is 1.91. The third kappa shape index (κ3) is 6.03. The van der Waals surface area contributed by atoms with E-state index in [9.17, 15) is 9.59 Å². The number of carbonyl (C=O) groups is 2. The van der Waals surface area contributed by atoms with E-state index in [0.29, 0.717) is 5.16 Å². The molecular formula is C14H19N5O2S2. The molecule has 2 heterocycles. The number of amides is 3. The van der Waals surface area contributed by atoms with Gasteiger partial charge in [-0.3, -0.25) is 10.1 Å². The maximum atomic E-state index is 11.7. The number of urea groups is 1. The maximum absolute atomic E-state index is 11.7. The predicted octanol–water partition coefficient (Wildman–Crippen LogP) is 1.91. The fraction of sp³-hybridized carbons (Fsp3) is 0.429. The Kier molecular flexibility index (Phi) is 6.60. The van der Waals surface area contributed by atoms with Crippen molar-refractivity contribution in [3.63, 3.8) is 0 Å². The highest BCUT2D eigenvalue weighted by Crippen LogP contribution is 2.16. The molecule has 9 heteroatoms. The van der Waals surface area contributed by atoms with Crippen molar-refractivity contribution < 1.29 is 9.59 Å². The first-order chi connectivity index (χ1) is 11.0. The minimum Gasteiger partial charge on any atom is -0.336 e. The summed E-state index contributed by atoms with van der Waals surface area (Å²) in [6.45, 7) is 4.41. The smallest absolute Gasteiger partial charge is 0.321 e. The normalized spacial score (nSPS) is 10.7. The Labute approximate surface area is 142 Å². The van der Waals surface area contributed by atoms with E-state index in [2.05, 4.69) is 26.9 Å². The van der Waals surface area contributed by atoms with Crippen molar-refractivity contribution in [3.05, 3.63) is 28.7 Å². The van der Waals surface area contributed by atoms with Crippen LogP contribution in [0.15, 0.2) is 29.0 Å². The van der Waals surface area contributed by atoms with Crippen LogP contribution in [0.3, 0.4) is 0 Å². The molecule has 0 atom stereocenters. The fourth-order valence-electron chi connectivity index (χ4n) is 1.79. The van der Waals surface area contributed by atoms with Crippen molar-refractivity contribution in [2.45, 2.75) is 38.0 Å². The van der Waals surface area contributed by atoms with Crippen LogP contribution in [0.25, 0.3) is 0 Å². The summed E-state index contributed by atoms with van der Waals surface area (Å²) in [4.78, 5) is 24.5. The fourth-order valence-corrected chi connectivity index (χ4v) is 3.23. The van der Waals surface area contributed by atoms with Crippen molar-refractivity contribution in [2.75, 3.05) is 5.75 Å². The zero-order chi connectivity index (χ0) is 16.7. The van der Waals surface area contributed by atoms with Crippen LogP contribution >= 0.6 is 23.1 Å². The van der Waals surface area contributed by atoms with Gasteiger partial charge in [0.1, 0.15) is 6.33 Å². The first-order valence-corrected chi connectivity index (χ1v) is 9.04. The molecule has 0 spiro atoms. The minimum atomic E-state index is -0.482. The van der Waals surface area contributed by atoms with Crippen LogP contribution in [0, 0.1) is 0 Å². The molecule has 2 N–H and O–H groups in total. The second-order valence-corrected chi connectivity index (χ2v) is 7.08. The van der Waals surface area contributed by atoms with Gasteiger partial charge in [-0.1, -0.05) is 17.8 Å². The molecular weight excluding hydrogens is 334 g/mol. The van der Waals surface area contributed by atoms with Gasteiger partial charge in [0, 0.05) is 17.5 Å². The lowest BCUT2D eigenvalue weighted by molar-refractivity contribution is -0.117. The summed E-state index contributed by atoms with van der Waals surface area (Å²) in [7, 11) is 0. The van der Waals surface area contributed by atoms with Gasteiger partial charge in [0.2, 0.25) is 5.91 Å². The molecule has 0 bridgehead atoms. The van der Waals surface area contributed by atoms with Crippen LogP contribution in [-0.4, -0.2) is 38.5 Å². The molecule has 7 nitrogen and oxygen atoms in total. The van der Waals surface area contributed by atoms with Crippen molar-refractivity contribution in [2.24, 2.45) is 0 Å². The number of rotatable bonds is 7. The Morgan fingerprint density at radius 3 is 2.96 bits per heavy atom. The number of nitrogens with one attached hydrogen (secondary N) is 2. The van der Waals surface area contributed by atoms with E-state index in [-0.39, 0.29) is 17.7 Å². The molecule has 0 saturated carbocycles. The summed E-state index contributed by atoms with van der Waals surface area (Å²) >= 11 is 2.97. The number of nitrogens with zero attached hydrogens (tertiary/aromatic N) is 3. The number of hydrogen-bond acceptors (Lipinski definition) is 6. The average Bonchev–Trinajstić information content (AvgIpc) is 3.13. The number of aromatic nitrogens is 3. The number of carbonyl (C=O) groups excluding carboxylic acids is 2. The first kappa shape index (κ1) is 17.5. The maximum Gasteiger partial charge on any atom is 0.321 e. The average molecular weight is 353 g/mol. The molecule has 0 fully saturated rings. The summed E-state index contributed by atoms with van der Waals surface area (Å²) in [5, 5.41) is 15.5. The van der Waals surface area contributed by atoms with E-state index in [1.54, 1.807) is 17.7 Å². The van der Waals surface area contributed by atoms with Crippen molar-refractivity contribution >= 4 is 35.0 Å². The van der Waals surface area contributed by atoms with Crippen molar-refractivity contribution in [1.29, 1.82) is 0 Å². The summed E-state index contributed by atoms with van der Waals surface area (Å²) in [6, 6.07) is 3.61. The van der Waals surface area contributed by atoms with Crippen LogP contribution in [-0.2, 0) is 17.8 Å². The molecule has 0 unspecified atom stereocenters. The lowest BCUT2D eigenvalue weighted by Gasteiger charge is -2.09. The van der Waals surface area contributed by atoms with Gasteiger partial charge in [0.15, 0.2) is 5.16 Å². The first-order valence-electron chi connectivity index (χ1n) is 7.18. The highest BCUT2D eigenvalue weighted by atomic mass is 32.2. The van der Waals surface area contributed by atoms with Crippen LogP contribution in [0.4, 0.5) is 4.79 Å². The Balaban J connectivity index is 1.78. The number of hydrogen-bond donors (Lipinski definition) is 2. The van der Waals surface area contributed by atoms with Gasteiger partial charge in [-0.2, -0.15) is 0 Å². The standard InChI is InChI=1S/C14H19N5O2S2/c1-10(2)16-13(21)17-12(20)8-23-14-18-15-9-19(14)6-5-11-4-3-7-22-11/h3-4,7,9-10H,5-6,8H2,1-2H3,(H2,16,17,20,21). The van der Waals surface area contributed by atoms with Gasteiger partial charge < -0.3 is 9.88 Å². The van der Waals surface area contributed by atoms with E-state index in [1.165, 1.54) is 16.6 Å².